The molecule has 0 spiro atoms. The molecule has 26 heavy (non-hydrogen) atoms. The maximum absolute atomic E-state index is 12.8. The van der Waals surface area contributed by atoms with Crippen molar-refractivity contribution in [2.45, 2.75) is 43.8 Å². The lowest BCUT2D eigenvalue weighted by Gasteiger charge is -2.22. The van der Waals surface area contributed by atoms with Crippen molar-refractivity contribution in [2.75, 3.05) is 0 Å². The summed E-state index contributed by atoms with van der Waals surface area (Å²) in [5.74, 6) is 1.33. The molecule has 0 aliphatic carbocycles. The first-order chi connectivity index (χ1) is 12.5. The van der Waals surface area contributed by atoms with Gasteiger partial charge in [-0.15, -0.1) is 0 Å². The quantitative estimate of drug-likeness (QED) is 0.735. The molecule has 8 nitrogen and oxygen atoms in total. The van der Waals surface area contributed by atoms with Crippen LogP contribution in [0.5, 0.6) is 0 Å². The monoisotopic (exact) mass is 372 g/mol. The second-order valence-corrected chi connectivity index (χ2v) is 8.13. The van der Waals surface area contributed by atoms with Gasteiger partial charge in [-0.3, -0.25) is 4.68 Å². The first kappa shape index (κ1) is 16.9. The maximum atomic E-state index is 12.8. The molecule has 0 unspecified atom stereocenters. The summed E-state index contributed by atoms with van der Waals surface area (Å²) in [6, 6.07) is 9.42. The molecule has 9 heteroatoms. The van der Waals surface area contributed by atoms with Crippen LogP contribution in [0.15, 0.2) is 47.6 Å². The van der Waals surface area contributed by atoms with E-state index in [-0.39, 0.29) is 10.9 Å². The van der Waals surface area contributed by atoms with Crippen molar-refractivity contribution in [1.29, 1.82) is 0 Å². The molecule has 0 saturated carbocycles. The van der Waals surface area contributed by atoms with Crippen molar-refractivity contribution in [2.24, 2.45) is 0 Å². The van der Waals surface area contributed by atoms with Crippen molar-refractivity contribution >= 4 is 10.0 Å². The third kappa shape index (κ3) is 3.40. The van der Waals surface area contributed by atoms with E-state index >= 15 is 0 Å². The summed E-state index contributed by atoms with van der Waals surface area (Å²) in [6.07, 6.45) is 4.49. The van der Waals surface area contributed by atoms with Gasteiger partial charge >= 0.3 is 0 Å². The summed E-state index contributed by atoms with van der Waals surface area (Å²) < 4.78 is 31.7. The molecule has 0 radical (unpaired) electrons. The van der Waals surface area contributed by atoms with Crippen LogP contribution in [0.1, 0.15) is 36.1 Å². The fourth-order valence-electron chi connectivity index (χ4n) is 3.18. The fourth-order valence-corrected chi connectivity index (χ4v) is 4.36. The van der Waals surface area contributed by atoms with E-state index in [0.717, 1.165) is 18.5 Å². The van der Waals surface area contributed by atoms with Crippen molar-refractivity contribution in [3.05, 3.63) is 59.9 Å². The topological polar surface area (TPSA) is 94.7 Å². The van der Waals surface area contributed by atoms with Crippen LogP contribution in [0.25, 0.3) is 0 Å². The van der Waals surface area contributed by atoms with Crippen molar-refractivity contribution in [1.82, 2.24) is 29.3 Å². The SMILES string of the molecule is Cc1nc2n(n1)CCC[C@H]2NS(=O)(=O)c1cnn(Cc2ccccc2)c1. The van der Waals surface area contributed by atoms with Crippen LogP contribution in [-0.2, 0) is 23.1 Å². The molecule has 0 saturated heterocycles. The number of fused-ring (bicyclic) bond motifs is 1. The van der Waals surface area contributed by atoms with E-state index in [2.05, 4.69) is 19.9 Å². The van der Waals surface area contributed by atoms with Crippen LogP contribution in [-0.4, -0.2) is 33.0 Å². The van der Waals surface area contributed by atoms with E-state index in [1.165, 1.54) is 6.20 Å². The van der Waals surface area contributed by atoms with Gasteiger partial charge in [0.2, 0.25) is 10.0 Å². The first-order valence-corrected chi connectivity index (χ1v) is 10.00. The largest absolute Gasteiger partial charge is 0.267 e. The van der Waals surface area contributed by atoms with Gasteiger partial charge in [0.05, 0.1) is 18.8 Å². The highest BCUT2D eigenvalue weighted by Crippen LogP contribution is 2.25. The number of hydrogen-bond acceptors (Lipinski definition) is 5. The molecular weight excluding hydrogens is 352 g/mol. The number of aromatic nitrogens is 5. The predicted octanol–water partition coefficient (Wildman–Crippen LogP) is 1.64. The minimum Gasteiger partial charge on any atom is -0.267 e. The van der Waals surface area contributed by atoms with Crippen LogP contribution in [0.3, 0.4) is 0 Å². The number of rotatable bonds is 5. The van der Waals surface area contributed by atoms with E-state index in [4.69, 9.17) is 0 Å². The Hall–Kier alpha value is -2.52. The lowest BCUT2D eigenvalue weighted by atomic mass is 10.1. The summed E-state index contributed by atoms with van der Waals surface area (Å²) >= 11 is 0. The molecule has 1 aliphatic heterocycles. The van der Waals surface area contributed by atoms with Gasteiger partial charge in [-0.1, -0.05) is 30.3 Å². The summed E-state index contributed by atoms with van der Waals surface area (Å²) in [7, 11) is -3.68. The average Bonchev–Trinajstić information content (AvgIpc) is 3.22. The van der Waals surface area contributed by atoms with Gasteiger partial charge in [0, 0.05) is 12.7 Å². The summed E-state index contributed by atoms with van der Waals surface area (Å²) in [5.41, 5.74) is 1.06. The second kappa shape index (κ2) is 6.65. The summed E-state index contributed by atoms with van der Waals surface area (Å²) in [6.45, 7) is 3.10. The standard InChI is InChI=1S/C17H20N6O2S/c1-13-19-17-16(8-5-9-23(17)20-13)21-26(24,25)15-10-18-22(12-15)11-14-6-3-2-4-7-14/h2-4,6-7,10,12,16,21H,5,8-9,11H2,1H3/t16-/m1/s1. The highest BCUT2D eigenvalue weighted by atomic mass is 32.2. The molecule has 0 fully saturated rings. The molecule has 1 N–H and O–H groups in total. The summed E-state index contributed by atoms with van der Waals surface area (Å²) in [5, 5.41) is 8.49. The van der Waals surface area contributed by atoms with Gasteiger partial charge in [0.15, 0.2) is 0 Å². The smallest absolute Gasteiger partial charge is 0.244 e. The zero-order valence-corrected chi connectivity index (χ0v) is 15.2. The number of nitrogens with zero attached hydrogens (tertiary/aromatic N) is 5. The Morgan fingerprint density at radius 2 is 2.08 bits per heavy atom. The number of aryl methyl sites for hydroxylation is 2. The van der Waals surface area contributed by atoms with Crippen LogP contribution in [0, 0.1) is 6.92 Å². The molecule has 136 valence electrons. The third-order valence-electron chi connectivity index (χ3n) is 4.39. The lowest BCUT2D eigenvalue weighted by Crippen LogP contribution is -2.33. The Morgan fingerprint density at radius 3 is 2.88 bits per heavy atom. The molecule has 4 rings (SSSR count). The summed E-state index contributed by atoms with van der Waals surface area (Å²) in [4.78, 5) is 4.53. The minimum atomic E-state index is -3.68. The van der Waals surface area contributed by atoms with Gasteiger partial charge in [0.25, 0.3) is 0 Å². The average molecular weight is 372 g/mol. The van der Waals surface area contributed by atoms with Crippen molar-refractivity contribution in [3.8, 4) is 0 Å². The van der Waals surface area contributed by atoms with Crippen LogP contribution in [0.4, 0.5) is 0 Å². The number of benzene rings is 1. The fraction of sp³-hybridized carbons (Fsp3) is 0.353. The highest BCUT2D eigenvalue weighted by molar-refractivity contribution is 7.89. The highest BCUT2D eigenvalue weighted by Gasteiger charge is 2.29. The zero-order chi connectivity index (χ0) is 18.1. The first-order valence-electron chi connectivity index (χ1n) is 8.51. The van der Waals surface area contributed by atoms with Gasteiger partial charge in [0.1, 0.15) is 16.5 Å². The molecule has 2 aromatic heterocycles. The number of nitrogens with one attached hydrogen (secondary N) is 1. The van der Waals surface area contributed by atoms with Crippen LogP contribution >= 0.6 is 0 Å². The molecule has 0 bridgehead atoms. The molecular formula is C17H20N6O2S. The van der Waals surface area contributed by atoms with Crippen molar-refractivity contribution < 1.29 is 8.42 Å². The zero-order valence-electron chi connectivity index (χ0n) is 14.4. The molecule has 1 atom stereocenters. The molecule has 1 aromatic carbocycles. The van der Waals surface area contributed by atoms with E-state index in [9.17, 15) is 8.42 Å². The normalized spacial score (nSPS) is 17.2. The number of sulfonamides is 1. The van der Waals surface area contributed by atoms with E-state index < -0.39 is 10.0 Å². The van der Waals surface area contributed by atoms with Gasteiger partial charge < -0.3 is 0 Å². The Bertz CT molecular complexity index is 1010. The van der Waals surface area contributed by atoms with E-state index in [0.29, 0.717) is 24.6 Å². The van der Waals surface area contributed by atoms with Gasteiger partial charge in [-0.25, -0.2) is 22.8 Å². The molecule has 3 heterocycles. The molecule has 3 aromatic rings. The predicted molar refractivity (Wildman–Crippen MR) is 94.8 cm³/mol. The Morgan fingerprint density at radius 1 is 1.27 bits per heavy atom. The molecule has 0 amide bonds. The van der Waals surface area contributed by atoms with E-state index in [1.54, 1.807) is 15.6 Å². The van der Waals surface area contributed by atoms with Crippen molar-refractivity contribution in [3.63, 3.8) is 0 Å². The molecule has 1 aliphatic rings. The third-order valence-corrected chi connectivity index (χ3v) is 5.81. The van der Waals surface area contributed by atoms with Crippen LogP contribution in [0.2, 0.25) is 0 Å². The minimum absolute atomic E-state index is 0.154. The van der Waals surface area contributed by atoms with Gasteiger partial charge in [-0.05, 0) is 25.3 Å². The van der Waals surface area contributed by atoms with Gasteiger partial charge in [-0.2, -0.15) is 10.2 Å². The Labute approximate surface area is 151 Å². The van der Waals surface area contributed by atoms with E-state index in [1.807, 2.05) is 37.3 Å². The number of hydrogen-bond donors (Lipinski definition) is 1. The lowest BCUT2D eigenvalue weighted by molar-refractivity contribution is 0.399. The Balaban J connectivity index is 1.53. The van der Waals surface area contributed by atoms with Crippen LogP contribution < -0.4 is 4.72 Å². The second-order valence-electron chi connectivity index (χ2n) is 6.42. The Kier molecular flexibility index (Phi) is 4.33. The maximum Gasteiger partial charge on any atom is 0.244 e.